The zero-order chi connectivity index (χ0) is 50.4. The highest BCUT2D eigenvalue weighted by molar-refractivity contribution is 5.96. The molecule has 6 bridgehead atoms. The molecule has 376 valence electrons. The quantitative estimate of drug-likeness (QED) is 0.116. The molecule has 2 aromatic heterocycles. The Morgan fingerprint density at radius 2 is 1.83 bits per heavy atom. The molecule has 0 aliphatic carbocycles. The minimum Gasteiger partial charge on any atom is -0.508 e. The molecule has 4 aromatic rings. The Morgan fingerprint density at radius 1 is 1.04 bits per heavy atom. The van der Waals surface area contributed by atoms with Gasteiger partial charge in [-0.2, -0.15) is 0 Å². The SMILES string of the molecule is CCn1c(-c2cnccc2[C@H](C)OC)c2c3cc(ccc31)-c1cc(O)cc(c1)CCC(NC(=O)[C@H](C(C)C)N(C)C[C@H]1CCN(C(=O)C#CCN(C)C)C1)C(=O)N1CCC[C@H](N1)C(=O)OCC(C)(C)C2. The number of phenols is 1. The number of hydrazine groups is 1. The lowest BCUT2D eigenvalue weighted by Gasteiger charge is -2.37. The molecule has 3 amide bonds. The van der Waals surface area contributed by atoms with Crippen LogP contribution in [0.4, 0.5) is 0 Å². The minimum atomic E-state index is -0.957. The Bertz CT molecular complexity index is 2610. The van der Waals surface area contributed by atoms with E-state index in [0.29, 0.717) is 65.0 Å². The summed E-state index contributed by atoms with van der Waals surface area (Å²) < 4.78 is 14.3. The molecule has 2 fully saturated rings. The normalized spacial score (nSPS) is 20.7. The molecule has 5 atom stereocenters. The number of hydrogen-bond donors (Lipinski definition) is 3. The number of methoxy groups -OCH3 is 1. The number of carbonyl (C=O) groups is 4. The maximum Gasteiger partial charge on any atom is 0.324 e. The van der Waals surface area contributed by atoms with Crippen molar-refractivity contribution in [2.45, 2.75) is 111 Å². The Balaban J connectivity index is 1.22. The van der Waals surface area contributed by atoms with Crippen molar-refractivity contribution in [3.63, 3.8) is 0 Å². The number of fused-ring (bicyclic) bond motifs is 6. The van der Waals surface area contributed by atoms with Gasteiger partial charge in [-0.1, -0.05) is 45.7 Å². The average molecular weight is 959 g/mol. The summed E-state index contributed by atoms with van der Waals surface area (Å²) in [4.78, 5) is 66.5. The second-order valence-electron chi connectivity index (χ2n) is 21.0. The van der Waals surface area contributed by atoms with Gasteiger partial charge in [0.25, 0.3) is 11.8 Å². The summed E-state index contributed by atoms with van der Waals surface area (Å²) in [7, 11) is 7.45. The Kier molecular flexibility index (Phi) is 16.7. The Morgan fingerprint density at radius 3 is 2.56 bits per heavy atom. The molecule has 70 heavy (non-hydrogen) atoms. The van der Waals surface area contributed by atoms with Crippen LogP contribution in [0.15, 0.2) is 54.9 Å². The van der Waals surface area contributed by atoms with Crippen molar-refractivity contribution in [2.75, 3.05) is 67.6 Å². The first kappa shape index (κ1) is 52.0. The first-order valence-electron chi connectivity index (χ1n) is 25.0. The summed E-state index contributed by atoms with van der Waals surface area (Å²) >= 11 is 0. The lowest BCUT2D eigenvalue weighted by molar-refractivity contribution is -0.155. The molecule has 7 rings (SSSR count). The number of amides is 3. The number of aryl methyl sites for hydroxylation is 2. The molecule has 15 heteroatoms. The van der Waals surface area contributed by atoms with Crippen LogP contribution in [0.5, 0.6) is 5.75 Å². The lowest BCUT2D eigenvalue weighted by Crippen LogP contribution is -2.61. The lowest BCUT2D eigenvalue weighted by atomic mass is 9.84. The van der Waals surface area contributed by atoms with Gasteiger partial charge < -0.3 is 29.4 Å². The summed E-state index contributed by atoms with van der Waals surface area (Å²) in [5.74, 6) is 4.59. The monoisotopic (exact) mass is 959 g/mol. The zero-order valence-corrected chi connectivity index (χ0v) is 42.9. The van der Waals surface area contributed by atoms with Crippen molar-refractivity contribution in [3.8, 4) is 40.0 Å². The average Bonchev–Trinajstić information content (AvgIpc) is 3.92. The number of hydrogen-bond acceptors (Lipinski definition) is 11. The van der Waals surface area contributed by atoms with Crippen LogP contribution in [-0.2, 0) is 48.0 Å². The molecular formula is C55H74N8O7. The van der Waals surface area contributed by atoms with Crippen LogP contribution in [0.2, 0.25) is 0 Å². The molecule has 3 N–H and O–H groups in total. The number of aromatic nitrogens is 2. The van der Waals surface area contributed by atoms with Crippen molar-refractivity contribution < 1.29 is 33.8 Å². The number of cyclic esters (lactones) is 1. The summed E-state index contributed by atoms with van der Waals surface area (Å²) in [6.07, 6.45) is 6.51. The van der Waals surface area contributed by atoms with E-state index in [9.17, 15) is 24.3 Å². The summed E-state index contributed by atoms with van der Waals surface area (Å²) in [5, 5.41) is 17.0. The molecule has 0 radical (unpaired) electrons. The van der Waals surface area contributed by atoms with Gasteiger partial charge in [0.05, 0.1) is 31.0 Å². The smallest absolute Gasteiger partial charge is 0.324 e. The van der Waals surface area contributed by atoms with E-state index in [4.69, 9.17) is 9.47 Å². The fourth-order valence-corrected chi connectivity index (χ4v) is 10.6. The highest BCUT2D eigenvalue weighted by atomic mass is 16.5. The van der Waals surface area contributed by atoms with Crippen LogP contribution in [-0.4, -0.2) is 144 Å². The molecule has 3 aliphatic rings. The minimum absolute atomic E-state index is 0.0950. The van der Waals surface area contributed by atoms with Crippen LogP contribution in [0, 0.1) is 29.1 Å². The standard InChI is InChI=1S/C55H74N8O7/c1-11-62-48-19-17-39-29-43(48)44(51(62)45-31-56-22-20-42(45)36(4)69-10)30-55(5,6)34-70-54(68)47-14-12-24-63(58-47)53(67)46(18-16-37-26-40(39)28-41(64)27-37)57-52(66)50(35(2)3)60(9)32-38-21-25-61(33-38)49(65)15-13-23-59(7)8/h17,19-20,22,26-29,31,35-36,38,46-47,50,58,64H,11-12,14,16,18,21,23-25,30,32-34H2,1-10H3,(H,57,66)/t36-,38+,46?,47-,50-/m0/s1. The van der Waals surface area contributed by atoms with Crippen LogP contribution >= 0.6 is 0 Å². The number of esters is 1. The molecule has 1 unspecified atom stereocenters. The molecule has 3 aliphatic heterocycles. The van der Waals surface area contributed by atoms with Gasteiger partial charge in [0.15, 0.2) is 0 Å². The van der Waals surface area contributed by atoms with Gasteiger partial charge in [-0.25, -0.2) is 5.43 Å². The van der Waals surface area contributed by atoms with Crippen LogP contribution in [0.3, 0.4) is 0 Å². The number of likely N-dealkylation sites (N-methyl/N-ethyl adjacent to an activating group) is 1. The van der Waals surface area contributed by atoms with Crippen molar-refractivity contribution in [2.24, 2.45) is 17.3 Å². The van der Waals surface area contributed by atoms with E-state index in [1.807, 2.05) is 64.0 Å². The maximum absolute atomic E-state index is 14.7. The van der Waals surface area contributed by atoms with E-state index in [0.717, 1.165) is 56.4 Å². The second kappa shape index (κ2) is 22.5. The van der Waals surface area contributed by atoms with E-state index < -0.39 is 29.5 Å². The van der Waals surface area contributed by atoms with E-state index in [-0.39, 0.29) is 54.4 Å². The number of ether oxygens (including phenoxy) is 2. The summed E-state index contributed by atoms with van der Waals surface area (Å²) in [5.41, 5.74) is 10.3. The van der Waals surface area contributed by atoms with Crippen molar-refractivity contribution in [1.82, 2.24) is 40.0 Å². The Hall–Kier alpha value is -5.79. The van der Waals surface area contributed by atoms with Gasteiger partial charge >= 0.3 is 5.97 Å². The van der Waals surface area contributed by atoms with Crippen molar-refractivity contribution in [3.05, 3.63) is 71.5 Å². The van der Waals surface area contributed by atoms with Gasteiger partial charge in [-0.05, 0) is 149 Å². The van der Waals surface area contributed by atoms with E-state index in [2.05, 4.69) is 77.2 Å². The van der Waals surface area contributed by atoms with Crippen molar-refractivity contribution in [1.29, 1.82) is 0 Å². The van der Waals surface area contributed by atoms with Crippen LogP contribution in [0.1, 0.15) is 90.0 Å². The topological polar surface area (TPSA) is 162 Å². The predicted molar refractivity (Wildman–Crippen MR) is 272 cm³/mol. The number of nitrogens with one attached hydrogen (secondary N) is 2. The maximum atomic E-state index is 14.7. The zero-order valence-electron chi connectivity index (χ0n) is 42.9. The molecule has 2 aromatic carbocycles. The largest absolute Gasteiger partial charge is 0.508 e. The molecule has 0 spiro atoms. The van der Waals surface area contributed by atoms with Gasteiger partial charge in [-0.3, -0.25) is 39.0 Å². The predicted octanol–water partition coefficient (Wildman–Crippen LogP) is 6.21. The summed E-state index contributed by atoms with van der Waals surface area (Å²) in [6, 6.07) is 11.6. The number of likely N-dealkylation sites (tertiary alicyclic amines) is 1. The third-order valence-corrected chi connectivity index (χ3v) is 14.1. The first-order valence-corrected chi connectivity index (χ1v) is 25.0. The van der Waals surface area contributed by atoms with Gasteiger partial charge in [-0.15, -0.1) is 0 Å². The number of benzene rings is 2. The second-order valence-corrected chi connectivity index (χ2v) is 21.0. The van der Waals surface area contributed by atoms with Gasteiger partial charge in [0, 0.05) is 74.1 Å². The first-order chi connectivity index (χ1) is 33.4. The Labute approximate surface area is 414 Å². The molecule has 2 saturated heterocycles. The number of carbonyl (C=O) groups excluding carboxylic acids is 4. The fraction of sp³-hybridized carbons (Fsp3) is 0.545. The van der Waals surface area contributed by atoms with Gasteiger partial charge in [0.2, 0.25) is 5.91 Å². The number of nitrogens with zero attached hydrogens (tertiary/aromatic N) is 6. The number of phenolic OH excluding ortho intramolecular Hbond substituents is 1. The number of aromatic hydroxyl groups is 1. The number of rotatable bonds is 11. The molecule has 15 nitrogen and oxygen atoms in total. The highest BCUT2D eigenvalue weighted by Gasteiger charge is 2.38. The van der Waals surface area contributed by atoms with E-state index in [1.54, 1.807) is 30.3 Å². The van der Waals surface area contributed by atoms with Crippen molar-refractivity contribution >= 4 is 34.6 Å². The van der Waals surface area contributed by atoms with Crippen LogP contribution < -0.4 is 10.7 Å². The van der Waals surface area contributed by atoms with Gasteiger partial charge in [0.1, 0.15) is 17.8 Å². The molecular weight excluding hydrogens is 885 g/mol. The third-order valence-electron chi connectivity index (χ3n) is 14.1. The fourth-order valence-electron chi connectivity index (χ4n) is 10.6. The highest BCUT2D eigenvalue weighted by Crippen LogP contribution is 2.42. The van der Waals surface area contributed by atoms with E-state index >= 15 is 0 Å². The molecule has 0 saturated carbocycles. The van der Waals surface area contributed by atoms with Crippen LogP contribution in [0.25, 0.3) is 33.3 Å². The summed E-state index contributed by atoms with van der Waals surface area (Å²) in [6.45, 7) is 15.8. The number of pyridine rings is 1. The van der Waals surface area contributed by atoms with E-state index in [1.165, 1.54) is 5.01 Å². The molecule has 5 heterocycles. The third kappa shape index (κ3) is 12.0.